The topological polar surface area (TPSA) is 86.6 Å². The number of hydrogen-bond donors (Lipinski definition) is 1. The zero-order valence-corrected chi connectivity index (χ0v) is 18.7. The van der Waals surface area contributed by atoms with Crippen LogP contribution in [0.3, 0.4) is 0 Å². The van der Waals surface area contributed by atoms with Crippen molar-refractivity contribution in [2.24, 2.45) is 17.8 Å². The van der Waals surface area contributed by atoms with Crippen LogP contribution < -0.4 is 15.5 Å². The van der Waals surface area contributed by atoms with Crippen molar-refractivity contribution in [3.8, 4) is 5.75 Å². The van der Waals surface area contributed by atoms with Crippen molar-refractivity contribution in [2.75, 3.05) is 13.7 Å². The fourth-order valence-electron chi connectivity index (χ4n) is 5.50. The fourth-order valence-corrected chi connectivity index (χ4v) is 5.50. The molecule has 8 heteroatoms. The van der Waals surface area contributed by atoms with E-state index in [9.17, 15) is 18.8 Å². The number of carbonyl (C=O) groups is 2. The molecule has 1 N–H and O–H groups in total. The molecule has 0 aliphatic heterocycles. The SMILES string of the molecule is CCOC(=O)c1cn(CC(=O)NC(C)C2CC3CCC2C3)c2cc(F)c(OC)cc2c1=O. The van der Waals surface area contributed by atoms with Crippen LogP contribution in [0.25, 0.3) is 10.9 Å². The molecule has 4 unspecified atom stereocenters. The van der Waals surface area contributed by atoms with E-state index in [0.717, 1.165) is 18.4 Å². The molecule has 1 aromatic carbocycles. The Bertz CT molecular complexity index is 1110. The highest BCUT2D eigenvalue weighted by Gasteiger charge is 2.42. The summed E-state index contributed by atoms with van der Waals surface area (Å²) in [4.78, 5) is 38.1. The molecule has 172 valence electrons. The average molecular weight is 445 g/mol. The lowest BCUT2D eigenvalue weighted by Gasteiger charge is -2.28. The second-order valence-corrected chi connectivity index (χ2v) is 8.92. The van der Waals surface area contributed by atoms with Gasteiger partial charge in [0.1, 0.15) is 12.1 Å². The minimum atomic E-state index is -0.785. The Morgan fingerprint density at radius 3 is 2.69 bits per heavy atom. The van der Waals surface area contributed by atoms with Gasteiger partial charge in [-0.2, -0.15) is 0 Å². The first-order valence-corrected chi connectivity index (χ1v) is 11.2. The zero-order chi connectivity index (χ0) is 23.0. The van der Waals surface area contributed by atoms with Gasteiger partial charge in [0.15, 0.2) is 11.6 Å². The number of benzene rings is 1. The number of halogens is 1. The summed E-state index contributed by atoms with van der Waals surface area (Å²) < 4.78 is 25.8. The van der Waals surface area contributed by atoms with Crippen LogP contribution in [0.1, 0.15) is 49.9 Å². The molecule has 32 heavy (non-hydrogen) atoms. The van der Waals surface area contributed by atoms with Gasteiger partial charge in [-0.3, -0.25) is 9.59 Å². The number of rotatable bonds is 7. The number of amides is 1. The minimum absolute atomic E-state index is 0.0322. The number of nitrogens with zero attached hydrogens (tertiary/aromatic N) is 1. The molecule has 1 amide bonds. The van der Waals surface area contributed by atoms with Gasteiger partial charge in [-0.25, -0.2) is 9.18 Å². The van der Waals surface area contributed by atoms with Crippen molar-refractivity contribution in [2.45, 2.75) is 52.1 Å². The van der Waals surface area contributed by atoms with Gasteiger partial charge >= 0.3 is 5.97 Å². The highest BCUT2D eigenvalue weighted by molar-refractivity contribution is 5.94. The molecule has 2 saturated carbocycles. The van der Waals surface area contributed by atoms with E-state index in [4.69, 9.17) is 9.47 Å². The van der Waals surface area contributed by atoms with Crippen LogP contribution in [-0.2, 0) is 16.1 Å². The van der Waals surface area contributed by atoms with Crippen molar-refractivity contribution >= 4 is 22.8 Å². The second kappa shape index (κ2) is 8.92. The molecule has 2 aliphatic rings. The molecular formula is C24H29FN2O5. The number of methoxy groups -OCH3 is 1. The molecule has 2 bridgehead atoms. The van der Waals surface area contributed by atoms with Crippen molar-refractivity contribution in [3.05, 3.63) is 39.9 Å². The number of esters is 1. The van der Waals surface area contributed by atoms with Gasteiger partial charge in [-0.15, -0.1) is 0 Å². The van der Waals surface area contributed by atoms with E-state index in [-0.39, 0.29) is 47.3 Å². The van der Waals surface area contributed by atoms with Crippen LogP contribution in [-0.4, -0.2) is 36.2 Å². The summed E-state index contributed by atoms with van der Waals surface area (Å²) in [5.41, 5.74) is -0.588. The minimum Gasteiger partial charge on any atom is -0.494 e. The first kappa shape index (κ1) is 22.3. The Kier molecular flexibility index (Phi) is 6.22. The molecule has 0 radical (unpaired) electrons. The molecule has 7 nitrogen and oxygen atoms in total. The molecule has 2 aromatic rings. The average Bonchev–Trinajstić information content (AvgIpc) is 3.39. The van der Waals surface area contributed by atoms with Crippen LogP contribution in [0.4, 0.5) is 4.39 Å². The number of nitrogens with one attached hydrogen (secondary N) is 1. The molecule has 0 saturated heterocycles. The third-order valence-electron chi connectivity index (χ3n) is 6.99. The fraction of sp³-hybridized carbons (Fsp3) is 0.542. The number of carbonyl (C=O) groups excluding carboxylic acids is 2. The predicted molar refractivity (Wildman–Crippen MR) is 117 cm³/mol. The number of aromatic nitrogens is 1. The highest BCUT2D eigenvalue weighted by atomic mass is 19.1. The monoisotopic (exact) mass is 444 g/mol. The van der Waals surface area contributed by atoms with Gasteiger partial charge < -0.3 is 19.4 Å². The molecule has 2 aliphatic carbocycles. The maximum atomic E-state index is 14.4. The third-order valence-corrected chi connectivity index (χ3v) is 6.99. The summed E-state index contributed by atoms with van der Waals surface area (Å²) in [6.07, 6.45) is 6.18. The Morgan fingerprint density at radius 2 is 2.06 bits per heavy atom. The first-order chi connectivity index (χ1) is 15.3. The van der Waals surface area contributed by atoms with E-state index in [2.05, 4.69) is 5.32 Å². The van der Waals surface area contributed by atoms with E-state index in [1.807, 2.05) is 6.92 Å². The van der Waals surface area contributed by atoms with Crippen LogP contribution in [0.15, 0.2) is 23.1 Å². The van der Waals surface area contributed by atoms with Crippen LogP contribution >= 0.6 is 0 Å². The summed E-state index contributed by atoms with van der Waals surface area (Å²) in [6.45, 7) is 3.62. The smallest absolute Gasteiger partial charge is 0.343 e. The summed E-state index contributed by atoms with van der Waals surface area (Å²) in [6, 6.07) is 2.43. The van der Waals surface area contributed by atoms with Gasteiger partial charge in [0.25, 0.3) is 0 Å². The van der Waals surface area contributed by atoms with Gasteiger partial charge in [-0.05, 0) is 56.9 Å². The first-order valence-electron chi connectivity index (χ1n) is 11.2. The van der Waals surface area contributed by atoms with Crippen molar-refractivity contribution in [3.63, 3.8) is 0 Å². The van der Waals surface area contributed by atoms with Crippen LogP contribution in [0, 0.1) is 23.6 Å². The summed E-state index contributed by atoms with van der Waals surface area (Å²) in [5, 5.41) is 3.16. The standard InChI is InChI=1S/C24H29FN2O5/c1-4-32-24(30)18-11-27(20-10-19(25)21(31-3)9-17(20)23(18)29)12-22(28)26-13(2)16-8-14-5-6-15(16)7-14/h9-11,13-16H,4-8,12H2,1-3H3,(H,26,28). The number of hydrogen-bond acceptors (Lipinski definition) is 5. The quantitative estimate of drug-likeness (QED) is 0.663. The predicted octanol–water partition coefficient (Wildman–Crippen LogP) is 3.27. The Hall–Kier alpha value is -2.90. The normalized spacial score (nSPS) is 22.7. The van der Waals surface area contributed by atoms with E-state index < -0.39 is 17.2 Å². The van der Waals surface area contributed by atoms with E-state index in [1.165, 1.54) is 43.2 Å². The molecule has 1 heterocycles. The molecule has 1 aromatic heterocycles. The van der Waals surface area contributed by atoms with E-state index >= 15 is 0 Å². The third kappa shape index (κ3) is 4.10. The second-order valence-electron chi connectivity index (χ2n) is 8.92. The lowest BCUT2D eigenvalue weighted by Crippen LogP contribution is -2.41. The number of ether oxygens (including phenoxy) is 2. The number of pyridine rings is 1. The van der Waals surface area contributed by atoms with Gasteiger partial charge in [0.2, 0.25) is 11.3 Å². The lowest BCUT2D eigenvalue weighted by molar-refractivity contribution is -0.122. The zero-order valence-electron chi connectivity index (χ0n) is 18.7. The summed E-state index contributed by atoms with van der Waals surface area (Å²) in [5.74, 6) is 0.103. The lowest BCUT2D eigenvalue weighted by atomic mass is 9.84. The molecular weight excluding hydrogens is 415 g/mol. The van der Waals surface area contributed by atoms with Crippen molar-refractivity contribution < 1.29 is 23.5 Å². The molecule has 2 fully saturated rings. The van der Waals surface area contributed by atoms with Gasteiger partial charge in [0.05, 0.1) is 24.6 Å². The van der Waals surface area contributed by atoms with Crippen molar-refractivity contribution in [1.82, 2.24) is 9.88 Å². The van der Waals surface area contributed by atoms with Crippen LogP contribution in [0.5, 0.6) is 5.75 Å². The Morgan fingerprint density at radius 1 is 1.28 bits per heavy atom. The van der Waals surface area contributed by atoms with Gasteiger partial charge in [0, 0.05) is 18.3 Å². The van der Waals surface area contributed by atoms with E-state index in [0.29, 0.717) is 11.8 Å². The summed E-state index contributed by atoms with van der Waals surface area (Å²) in [7, 11) is 1.29. The number of fused-ring (bicyclic) bond motifs is 3. The molecule has 4 rings (SSSR count). The molecule has 4 atom stereocenters. The Balaban J connectivity index is 1.64. The highest BCUT2D eigenvalue weighted by Crippen LogP contribution is 2.49. The van der Waals surface area contributed by atoms with Crippen molar-refractivity contribution in [1.29, 1.82) is 0 Å². The molecule has 0 spiro atoms. The summed E-state index contributed by atoms with van der Waals surface area (Å²) >= 11 is 0. The van der Waals surface area contributed by atoms with E-state index in [1.54, 1.807) is 6.92 Å². The maximum Gasteiger partial charge on any atom is 0.343 e. The van der Waals surface area contributed by atoms with Gasteiger partial charge in [-0.1, -0.05) is 6.42 Å². The Labute approximate surface area is 185 Å². The maximum absolute atomic E-state index is 14.4. The van der Waals surface area contributed by atoms with Crippen LogP contribution in [0.2, 0.25) is 0 Å². The largest absolute Gasteiger partial charge is 0.494 e.